The van der Waals surface area contributed by atoms with E-state index in [0.29, 0.717) is 5.39 Å². The van der Waals surface area contributed by atoms with Gasteiger partial charge in [0.2, 0.25) is 0 Å². The van der Waals surface area contributed by atoms with Gasteiger partial charge >= 0.3 is 0 Å². The lowest BCUT2D eigenvalue weighted by atomic mass is 10.2. The van der Waals surface area contributed by atoms with Gasteiger partial charge in [0.15, 0.2) is 0 Å². The first kappa shape index (κ1) is 16.7. The van der Waals surface area contributed by atoms with Gasteiger partial charge in [-0.2, -0.15) is 0 Å². The van der Waals surface area contributed by atoms with Gasteiger partial charge in [0, 0.05) is 24.4 Å². The molecule has 0 spiro atoms. The second-order valence-electron chi connectivity index (χ2n) is 5.87. The summed E-state index contributed by atoms with van der Waals surface area (Å²) in [7, 11) is 2.08. The van der Waals surface area contributed by atoms with E-state index in [-0.39, 0.29) is 5.56 Å². The molecule has 0 aliphatic heterocycles. The second-order valence-corrected chi connectivity index (χ2v) is 6.75. The number of nitrogens with zero attached hydrogens (tertiary/aromatic N) is 2. The third-order valence-electron chi connectivity index (χ3n) is 4.00. The lowest BCUT2D eigenvalue weighted by Crippen LogP contribution is -2.22. The van der Waals surface area contributed by atoms with Crippen LogP contribution >= 0.6 is 11.8 Å². The average molecular weight is 339 g/mol. The largest absolute Gasteiger partial charge is 0.310 e. The van der Waals surface area contributed by atoms with E-state index >= 15 is 0 Å². The summed E-state index contributed by atoms with van der Waals surface area (Å²) in [5.74, 6) is 0.739. The predicted molar refractivity (Wildman–Crippen MR) is 101 cm³/mol. The minimum atomic E-state index is -0.0640. The smallest absolute Gasteiger partial charge is 0.258 e. The van der Waals surface area contributed by atoms with Crippen molar-refractivity contribution in [2.75, 3.05) is 19.8 Å². The summed E-state index contributed by atoms with van der Waals surface area (Å²) in [5, 5.41) is 0.642. The normalized spacial score (nSPS) is 11.3. The molecule has 0 bridgehead atoms. The first-order valence-electron chi connectivity index (χ1n) is 7.95. The van der Waals surface area contributed by atoms with Crippen molar-refractivity contribution in [2.24, 2.45) is 0 Å². The monoisotopic (exact) mass is 339 g/mol. The summed E-state index contributed by atoms with van der Waals surface area (Å²) in [6.45, 7) is 1.72. The van der Waals surface area contributed by atoms with Gasteiger partial charge in [-0.05, 0) is 43.1 Å². The van der Waals surface area contributed by atoms with E-state index in [2.05, 4.69) is 52.4 Å². The highest BCUT2D eigenvalue weighted by atomic mass is 32.2. The van der Waals surface area contributed by atoms with Gasteiger partial charge in [-0.15, -0.1) is 11.8 Å². The number of thioether (sulfide) groups is 1. The number of fused-ring (bicyclic) bond motifs is 1. The van der Waals surface area contributed by atoms with Crippen LogP contribution in [0.3, 0.4) is 0 Å². The Morgan fingerprint density at radius 1 is 1.12 bits per heavy atom. The number of benzene rings is 2. The van der Waals surface area contributed by atoms with Crippen molar-refractivity contribution in [1.29, 1.82) is 0 Å². The number of rotatable bonds is 6. The van der Waals surface area contributed by atoms with Crippen LogP contribution in [0.2, 0.25) is 0 Å². The molecular weight excluding hydrogens is 318 g/mol. The van der Waals surface area contributed by atoms with Gasteiger partial charge in [0.05, 0.1) is 10.9 Å². The third kappa shape index (κ3) is 4.04. The Labute approximate surface area is 145 Å². The molecule has 0 saturated carbocycles. The first-order chi connectivity index (χ1) is 11.7. The molecule has 1 aromatic heterocycles. The molecule has 0 aliphatic rings. The van der Waals surface area contributed by atoms with Gasteiger partial charge in [0.25, 0.3) is 5.56 Å². The number of H-pyrrole nitrogens is 1. The molecule has 5 heteroatoms. The molecule has 124 valence electrons. The molecule has 0 radical (unpaired) electrons. The predicted octanol–water partition coefficient (Wildman–Crippen LogP) is 3.32. The summed E-state index contributed by atoms with van der Waals surface area (Å²) in [5.41, 5.74) is 1.98. The molecule has 24 heavy (non-hydrogen) atoms. The fourth-order valence-corrected chi connectivity index (χ4v) is 3.08. The fourth-order valence-electron chi connectivity index (χ4n) is 2.67. The highest BCUT2D eigenvalue weighted by Gasteiger charge is 2.06. The minimum Gasteiger partial charge on any atom is -0.310 e. The van der Waals surface area contributed by atoms with Crippen molar-refractivity contribution < 1.29 is 0 Å². The second kappa shape index (κ2) is 7.64. The van der Waals surface area contributed by atoms with Crippen LogP contribution in [0.25, 0.3) is 10.9 Å². The molecule has 3 rings (SSSR count). The standard InChI is InChI=1S/C19H21N3OS/c1-22(13-14-7-9-15(24-2)10-8-14)12-11-18-20-17-6-4-3-5-16(17)19(23)21-18/h3-10H,11-13H2,1-2H3,(H,20,21,23). The molecule has 0 atom stereocenters. The third-order valence-corrected chi connectivity index (χ3v) is 4.75. The summed E-state index contributed by atoms with van der Waals surface area (Å²) < 4.78 is 0. The Balaban J connectivity index is 1.63. The van der Waals surface area contributed by atoms with Crippen LogP contribution in [-0.2, 0) is 13.0 Å². The molecule has 3 aromatic rings. The highest BCUT2D eigenvalue weighted by molar-refractivity contribution is 7.98. The van der Waals surface area contributed by atoms with Crippen molar-refractivity contribution >= 4 is 22.7 Å². The molecular formula is C19H21N3OS. The van der Waals surface area contributed by atoms with E-state index in [1.54, 1.807) is 17.8 Å². The fraction of sp³-hybridized carbons (Fsp3) is 0.263. The Morgan fingerprint density at radius 3 is 2.62 bits per heavy atom. The SMILES string of the molecule is CSc1ccc(CN(C)CCc2nc3ccccc3c(=O)[nH]2)cc1. The number of nitrogens with one attached hydrogen (secondary N) is 1. The van der Waals surface area contributed by atoms with Crippen molar-refractivity contribution in [3.05, 3.63) is 70.3 Å². The summed E-state index contributed by atoms with van der Waals surface area (Å²) >= 11 is 1.75. The van der Waals surface area contributed by atoms with Crippen molar-refractivity contribution in [2.45, 2.75) is 17.9 Å². The van der Waals surface area contributed by atoms with E-state index in [1.807, 2.05) is 18.2 Å². The van der Waals surface area contributed by atoms with Crippen LogP contribution < -0.4 is 5.56 Å². The average Bonchev–Trinajstić information content (AvgIpc) is 2.61. The van der Waals surface area contributed by atoms with Crippen molar-refractivity contribution in [1.82, 2.24) is 14.9 Å². The zero-order valence-corrected chi connectivity index (χ0v) is 14.8. The summed E-state index contributed by atoms with van der Waals surface area (Å²) in [6.07, 6.45) is 2.80. The number of para-hydroxylation sites is 1. The molecule has 0 unspecified atom stereocenters. The van der Waals surface area contributed by atoms with Crippen molar-refractivity contribution in [3.8, 4) is 0 Å². The molecule has 0 aliphatic carbocycles. The molecule has 2 aromatic carbocycles. The number of hydrogen-bond donors (Lipinski definition) is 1. The van der Waals surface area contributed by atoms with Crippen LogP contribution in [0.15, 0.2) is 58.2 Å². The van der Waals surface area contributed by atoms with Gasteiger partial charge in [0.1, 0.15) is 5.82 Å². The van der Waals surface area contributed by atoms with E-state index < -0.39 is 0 Å². The zero-order chi connectivity index (χ0) is 16.9. The molecule has 0 fully saturated rings. The van der Waals surface area contributed by atoms with Crippen LogP contribution in [0, 0.1) is 0 Å². The Hall–Kier alpha value is -2.11. The first-order valence-corrected chi connectivity index (χ1v) is 9.17. The van der Waals surface area contributed by atoms with E-state index in [4.69, 9.17) is 0 Å². The highest BCUT2D eigenvalue weighted by Crippen LogP contribution is 2.15. The topological polar surface area (TPSA) is 49.0 Å². The van der Waals surface area contributed by atoms with Crippen LogP contribution in [0.5, 0.6) is 0 Å². The molecule has 1 N–H and O–H groups in total. The van der Waals surface area contributed by atoms with E-state index in [1.165, 1.54) is 10.5 Å². The lowest BCUT2D eigenvalue weighted by Gasteiger charge is -2.16. The molecule has 4 nitrogen and oxygen atoms in total. The van der Waals surface area contributed by atoms with Crippen LogP contribution in [0.4, 0.5) is 0 Å². The van der Waals surface area contributed by atoms with E-state index in [0.717, 1.165) is 30.9 Å². The van der Waals surface area contributed by atoms with Gasteiger partial charge in [-0.3, -0.25) is 4.79 Å². The molecule has 1 heterocycles. The molecule has 0 amide bonds. The maximum absolute atomic E-state index is 12.1. The van der Waals surface area contributed by atoms with Crippen molar-refractivity contribution in [3.63, 3.8) is 0 Å². The van der Waals surface area contributed by atoms with Gasteiger partial charge < -0.3 is 9.88 Å². The maximum Gasteiger partial charge on any atom is 0.258 e. The van der Waals surface area contributed by atoms with E-state index in [9.17, 15) is 4.79 Å². The quantitative estimate of drug-likeness (QED) is 0.700. The number of aromatic amines is 1. The number of likely N-dealkylation sites (N-methyl/N-ethyl adjacent to an activating group) is 1. The Kier molecular flexibility index (Phi) is 5.33. The van der Waals surface area contributed by atoms with Crippen LogP contribution in [-0.4, -0.2) is 34.7 Å². The Bertz CT molecular complexity index is 874. The zero-order valence-electron chi connectivity index (χ0n) is 14.0. The van der Waals surface area contributed by atoms with Gasteiger partial charge in [-0.25, -0.2) is 4.98 Å². The molecule has 0 saturated heterocycles. The maximum atomic E-state index is 12.1. The Morgan fingerprint density at radius 2 is 1.88 bits per heavy atom. The summed E-state index contributed by atoms with van der Waals surface area (Å²) in [6, 6.07) is 16.1. The number of hydrogen-bond acceptors (Lipinski definition) is 4. The van der Waals surface area contributed by atoms with Crippen LogP contribution in [0.1, 0.15) is 11.4 Å². The van der Waals surface area contributed by atoms with Gasteiger partial charge in [-0.1, -0.05) is 24.3 Å². The summed E-state index contributed by atoms with van der Waals surface area (Å²) in [4.78, 5) is 23.0. The number of aromatic nitrogens is 2. The minimum absolute atomic E-state index is 0.0640. The lowest BCUT2D eigenvalue weighted by molar-refractivity contribution is 0.328.